The minimum atomic E-state index is -0.0108. The number of hydrogen-bond donors (Lipinski definition) is 1. The highest BCUT2D eigenvalue weighted by Crippen LogP contribution is 2.32. The van der Waals surface area contributed by atoms with Crippen LogP contribution in [-0.2, 0) is 6.54 Å². The quantitative estimate of drug-likeness (QED) is 0.260. The number of halogens is 1. The molecule has 0 saturated heterocycles. The summed E-state index contributed by atoms with van der Waals surface area (Å²) in [5, 5.41) is 14.5. The second-order valence-electron chi connectivity index (χ2n) is 8.87. The molecule has 0 spiro atoms. The molecule has 36 heavy (non-hydrogen) atoms. The van der Waals surface area contributed by atoms with E-state index in [4.69, 9.17) is 0 Å². The van der Waals surface area contributed by atoms with Gasteiger partial charge in [0, 0.05) is 22.4 Å². The summed E-state index contributed by atoms with van der Waals surface area (Å²) in [5.41, 5.74) is 6.39. The molecular formula is C28H27BrN6O. The topological polar surface area (TPSA) is 81.4 Å². The Morgan fingerprint density at radius 1 is 0.972 bits per heavy atom. The number of nitrogens with one attached hydrogen (secondary N) is 1. The Morgan fingerprint density at radius 2 is 1.75 bits per heavy atom. The van der Waals surface area contributed by atoms with Crippen molar-refractivity contribution in [3.8, 4) is 22.5 Å². The summed E-state index contributed by atoms with van der Waals surface area (Å²) < 4.78 is 4.68. The molecule has 0 radical (unpaired) electrons. The van der Waals surface area contributed by atoms with E-state index in [0.29, 0.717) is 12.4 Å². The minimum Gasteiger partial charge on any atom is -0.295 e. The first-order chi connectivity index (χ1) is 17.6. The molecule has 1 N–H and O–H groups in total. The van der Waals surface area contributed by atoms with Crippen molar-refractivity contribution in [2.75, 3.05) is 0 Å². The fraction of sp³-hybridized carbons (Fsp3) is 0.214. The van der Waals surface area contributed by atoms with Crippen molar-refractivity contribution in [2.24, 2.45) is 0 Å². The first-order valence-electron chi connectivity index (χ1n) is 12.0. The molecule has 5 rings (SSSR count). The zero-order chi connectivity index (χ0) is 25.1. The fourth-order valence-corrected chi connectivity index (χ4v) is 5.47. The van der Waals surface area contributed by atoms with Gasteiger partial charge < -0.3 is 0 Å². The SMILES string of the molecule is CCCC(c1c(C)cccc1Br)n1ccn(Cc2ccc(-c3ccccc3-c3nn[nH]n3)cc2)c1=O. The van der Waals surface area contributed by atoms with Gasteiger partial charge in [0.05, 0.1) is 12.6 Å². The molecule has 0 aliphatic rings. The van der Waals surface area contributed by atoms with E-state index < -0.39 is 0 Å². The zero-order valence-corrected chi connectivity index (χ0v) is 21.8. The standard InChI is InChI=1S/C28H27BrN6O/c1-3-7-25(26-19(2)8-6-11-24(26)29)35-17-16-34(28(35)36)18-20-12-14-21(15-13-20)22-9-4-5-10-23(22)27-30-32-33-31-27/h4-6,8-17,25H,3,7,18H2,1-2H3,(H,30,31,32,33). The monoisotopic (exact) mass is 542 g/mol. The van der Waals surface area contributed by atoms with Gasteiger partial charge in [-0.15, -0.1) is 10.2 Å². The van der Waals surface area contributed by atoms with Gasteiger partial charge in [-0.3, -0.25) is 9.13 Å². The predicted molar refractivity (Wildman–Crippen MR) is 145 cm³/mol. The maximum atomic E-state index is 13.4. The lowest BCUT2D eigenvalue weighted by atomic mass is 9.97. The van der Waals surface area contributed by atoms with Crippen molar-refractivity contribution in [3.05, 3.63) is 111 Å². The van der Waals surface area contributed by atoms with Crippen LogP contribution in [0.25, 0.3) is 22.5 Å². The Labute approximate surface area is 218 Å². The average molecular weight is 543 g/mol. The molecule has 7 nitrogen and oxygen atoms in total. The van der Waals surface area contributed by atoms with Crippen LogP contribution >= 0.6 is 15.9 Å². The number of hydrogen-bond acceptors (Lipinski definition) is 4. The number of aromatic nitrogens is 6. The van der Waals surface area contributed by atoms with E-state index in [2.05, 4.69) is 80.7 Å². The zero-order valence-electron chi connectivity index (χ0n) is 20.2. The molecule has 0 amide bonds. The lowest BCUT2D eigenvalue weighted by Crippen LogP contribution is -2.28. The van der Waals surface area contributed by atoms with Crippen molar-refractivity contribution in [3.63, 3.8) is 0 Å². The summed E-state index contributed by atoms with van der Waals surface area (Å²) in [6.07, 6.45) is 5.67. The Morgan fingerprint density at radius 3 is 2.44 bits per heavy atom. The third-order valence-electron chi connectivity index (χ3n) is 6.51. The number of H-pyrrole nitrogens is 1. The van der Waals surface area contributed by atoms with E-state index in [9.17, 15) is 4.79 Å². The summed E-state index contributed by atoms with van der Waals surface area (Å²) in [5.74, 6) is 0.560. The van der Waals surface area contributed by atoms with Crippen molar-refractivity contribution in [2.45, 2.75) is 39.3 Å². The van der Waals surface area contributed by atoms with Crippen LogP contribution in [0.1, 0.15) is 42.5 Å². The van der Waals surface area contributed by atoms with E-state index in [1.54, 1.807) is 4.57 Å². The molecule has 0 saturated carbocycles. The van der Waals surface area contributed by atoms with Crippen LogP contribution in [0, 0.1) is 6.92 Å². The highest BCUT2D eigenvalue weighted by molar-refractivity contribution is 9.10. The lowest BCUT2D eigenvalue weighted by Gasteiger charge is -2.21. The maximum Gasteiger partial charge on any atom is 0.329 e. The molecule has 182 valence electrons. The van der Waals surface area contributed by atoms with Gasteiger partial charge in [-0.25, -0.2) is 4.79 Å². The summed E-state index contributed by atoms with van der Waals surface area (Å²) in [6, 6.07) is 22.4. The second kappa shape index (κ2) is 10.5. The van der Waals surface area contributed by atoms with E-state index in [0.717, 1.165) is 39.6 Å². The molecule has 2 heterocycles. The molecule has 0 aliphatic carbocycles. The maximum absolute atomic E-state index is 13.4. The van der Waals surface area contributed by atoms with E-state index in [1.165, 1.54) is 11.1 Å². The molecule has 0 fully saturated rings. The van der Waals surface area contributed by atoms with Gasteiger partial charge >= 0.3 is 5.69 Å². The van der Waals surface area contributed by atoms with E-state index in [-0.39, 0.29) is 11.7 Å². The number of aromatic amines is 1. The van der Waals surface area contributed by atoms with E-state index >= 15 is 0 Å². The van der Waals surface area contributed by atoms with Gasteiger partial charge in [0.25, 0.3) is 0 Å². The van der Waals surface area contributed by atoms with Gasteiger partial charge in [-0.05, 0) is 52.4 Å². The number of imidazole rings is 1. The minimum absolute atomic E-state index is 0.00451. The predicted octanol–water partition coefficient (Wildman–Crippen LogP) is 6.01. The van der Waals surface area contributed by atoms with Crippen LogP contribution in [0.2, 0.25) is 0 Å². The number of tetrazole rings is 1. The third kappa shape index (κ3) is 4.68. The van der Waals surface area contributed by atoms with Gasteiger partial charge in [-0.2, -0.15) is 5.21 Å². The number of rotatable bonds is 8. The van der Waals surface area contributed by atoms with Crippen LogP contribution < -0.4 is 5.69 Å². The van der Waals surface area contributed by atoms with E-state index in [1.807, 2.05) is 53.4 Å². The van der Waals surface area contributed by atoms with Crippen LogP contribution in [0.5, 0.6) is 0 Å². The normalized spacial score (nSPS) is 12.1. The Balaban J connectivity index is 1.41. The molecule has 1 unspecified atom stereocenters. The Hall–Kier alpha value is -3.78. The van der Waals surface area contributed by atoms with Crippen LogP contribution in [0.15, 0.2) is 88.4 Å². The molecule has 8 heteroatoms. The Bertz CT molecular complexity index is 1500. The van der Waals surface area contributed by atoms with Crippen molar-refractivity contribution < 1.29 is 0 Å². The smallest absolute Gasteiger partial charge is 0.295 e. The van der Waals surface area contributed by atoms with Crippen LogP contribution in [-0.4, -0.2) is 29.8 Å². The number of benzene rings is 3. The molecular weight excluding hydrogens is 516 g/mol. The fourth-order valence-electron chi connectivity index (χ4n) is 4.74. The largest absolute Gasteiger partial charge is 0.329 e. The highest BCUT2D eigenvalue weighted by Gasteiger charge is 2.20. The molecule has 2 aromatic heterocycles. The molecule has 5 aromatic rings. The number of aryl methyl sites for hydroxylation is 1. The van der Waals surface area contributed by atoms with Crippen molar-refractivity contribution >= 4 is 15.9 Å². The van der Waals surface area contributed by atoms with Crippen LogP contribution in [0.4, 0.5) is 0 Å². The van der Waals surface area contributed by atoms with Crippen LogP contribution in [0.3, 0.4) is 0 Å². The highest BCUT2D eigenvalue weighted by atomic mass is 79.9. The summed E-state index contributed by atoms with van der Waals surface area (Å²) in [4.78, 5) is 13.4. The second-order valence-corrected chi connectivity index (χ2v) is 9.72. The first-order valence-corrected chi connectivity index (χ1v) is 12.8. The van der Waals surface area contributed by atoms with Crippen molar-refractivity contribution in [1.29, 1.82) is 0 Å². The number of nitrogens with zero attached hydrogens (tertiary/aromatic N) is 5. The molecule has 0 bridgehead atoms. The summed E-state index contributed by atoms with van der Waals surface area (Å²) in [7, 11) is 0. The average Bonchev–Trinajstić information content (AvgIpc) is 3.55. The third-order valence-corrected chi connectivity index (χ3v) is 7.20. The summed E-state index contributed by atoms with van der Waals surface area (Å²) >= 11 is 3.71. The van der Waals surface area contributed by atoms with Gasteiger partial charge in [0.15, 0.2) is 0 Å². The van der Waals surface area contributed by atoms with Crippen molar-refractivity contribution in [1.82, 2.24) is 29.8 Å². The Kier molecular flexibility index (Phi) is 6.95. The van der Waals surface area contributed by atoms with Gasteiger partial charge in [0.1, 0.15) is 0 Å². The van der Waals surface area contributed by atoms with Gasteiger partial charge in [-0.1, -0.05) is 89.9 Å². The van der Waals surface area contributed by atoms with Gasteiger partial charge in [0.2, 0.25) is 5.82 Å². The molecule has 3 aromatic carbocycles. The summed E-state index contributed by atoms with van der Waals surface area (Å²) in [6.45, 7) is 4.76. The molecule has 1 atom stereocenters. The lowest BCUT2D eigenvalue weighted by molar-refractivity contribution is 0.505. The first kappa shape index (κ1) is 23.9. The molecule has 0 aliphatic heterocycles.